The van der Waals surface area contributed by atoms with Crippen LogP contribution in [0.1, 0.15) is 45.0 Å². The molecule has 1 aliphatic heterocycles. The van der Waals surface area contributed by atoms with E-state index in [0.717, 1.165) is 13.1 Å². The van der Waals surface area contributed by atoms with Crippen molar-refractivity contribution < 1.29 is 0 Å². The maximum atomic E-state index is 4.44. The molecule has 18 heavy (non-hydrogen) atoms. The molecule has 0 aromatic carbocycles. The number of thiazole rings is 1. The first kappa shape index (κ1) is 14.0. The van der Waals surface area contributed by atoms with Crippen LogP contribution in [0.2, 0.25) is 0 Å². The Hall–Kier alpha value is -0.450. The molecule has 1 aromatic rings. The second kappa shape index (κ2) is 5.68. The molecule has 4 heteroatoms. The molecule has 102 valence electrons. The Bertz CT molecular complexity index is 353. The molecule has 3 nitrogen and oxygen atoms in total. The van der Waals surface area contributed by atoms with Gasteiger partial charge in [0, 0.05) is 24.7 Å². The van der Waals surface area contributed by atoms with Crippen LogP contribution in [0.3, 0.4) is 0 Å². The molecular weight excluding hydrogens is 242 g/mol. The smallest absolute Gasteiger partial charge is 0.112 e. The molecule has 1 fully saturated rings. The van der Waals surface area contributed by atoms with Crippen molar-refractivity contribution in [1.29, 1.82) is 0 Å². The van der Waals surface area contributed by atoms with Crippen molar-refractivity contribution in [2.24, 2.45) is 5.41 Å². The molecule has 0 bridgehead atoms. The van der Waals surface area contributed by atoms with Gasteiger partial charge in [-0.15, -0.1) is 11.3 Å². The van der Waals surface area contributed by atoms with E-state index in [4.69, 9.17) is 0 Å². The number of aromatic nitrogens is 1. The second-order valence-electron chi connectivity index (χ2n) is 5.95. The zero-order chi connectivity index (χ0) is 13.1. The minimum atomic E-state index is -0.0201. The minimum absolute atomic E-state index is 0.0201. The quantitative estimate of drug-likeness (QED) is 0.861. The lowest BCUT2D eigenvalue weighted by molar-refractivity contribution is 0.173. The van der Waals surface area contributed by atoms with Crippen LogP contribution in [0.15, 0.2) is 11.6 Å². The van der Waals surface area contributed by atoms with E-state index < -0.39 is 0 Å². The van der Waals surface area contributed by atoms with Crippen molar-refractivity contribution in [2.75, 3.05) is 19.6 Å². The number of hydrogen-bond acceptors (Lipinski definition) is 4. The summed E-state index contributed by atoms with van der Waals surface area (Å²) >= 11 is 1.73. The van der Waals surface area contributed by atoms with Gasteiger partial charge >= 0.3 is 0 Å². The molecule has 1 atom stereocenters. The van der Waals surface area contributed by atoms with Gasteiger partial charge in [0.2, 0.25) is 0 Å². The average Bonchev–Trinajstić information content (AvgIpc) is 2.92. The lowest BCUT2D eigenvalue weighted by Crippen LogP contribution is -2.50. The van der Waals surface area contributed by atoms with Gasteiger partial charge in [-0.3, -0.25) is 0 Å². The Labute approximate surface area is 114 Å². The summed E-state index contributed by atoms with van der Waals surface area (Å²) in [5, 5.41) is 10.5. The van der Waals surface area contributed by atoms with Gasteiger partial charge in [-0.1, -0.05) is 6.92 Å². The summed E-state index contributed by atoms with van der Waals surface area (Å²) in [5.41, 5.74) is 0.403. The summed E-state index contributed by atoms with van der Waals surface area (Å²) in [6.45, 7) is 10.2. The molecule has 0 spiro atoms. The molecule has 0 aliphatic carbocycles. The second-order valence-corrected chi connectivity index (χ2v) is 6.84. The van der Waals surface area contributed by atoms with Gasteiger partial charge in [-0.25, -0.2) is 4.98 Å². The van der Waals surface area contributed by atoms with E-state index in [-0.39, 0.29) is 5.54 Å². The molecule has 1 aromatic heterocycles. The van der Waals surface area contributed by atoms with Crippen molar-refractivity contribution in [1.82, 2.24) is 15.6 Å². The van der Waals surface area contributed by atoms with Crippen LogP contribution in [0, 0.1) is 5.41 Å². The molecule has 2 heterocycles. The van der Waals surface area contributed by atoms with Crippen LogP contribution in [0.5, 0.6) is 0 Å². The van der Waals surface area contributed by atoms with E-state index in [1.807, 2.05) is 6.20 Å². The number of rotatable bonds is 5. The van der Waals surface area contributed by atoms with Crippen LogP contribution in [0.4, 0.5) is 0 Å². The number of nitrogens with zero attached hydrogens (tertiary/aromatic N) is 1. The van der Waals surface area contributed by atoms with Gasteiger partial charge in [0.15, 0.2) is 0 Å². The topological polar surface area (TPSA) is 37.0 Å². The van der Waals surface area contributed by atoms with Crippen LogP contribution in [0.25, 0.3) is 0 Å². The van der Waals surface area contributed by atoms with Gasteiger partial charge in [0.05, 0.1) is 5.54 Å². The van der Waals surface area contributed by atoms with E-state index in [1.54, 1.807) is 11.3 Å². The van der Waals surface area contributed by atoms with Crippen LogP contribution in [-0.2, 0) is 5.54 Å². The SMILES string of the molecule is CCC1(CNC(C)(C)c2nccs2)CCCNC1. The molecule has 2 rings (SSSR count). The van der Waals surface area contributed by atoms with E-state index in [2.05, 4.69) is 41.8 Å². The molecular formula is C14H25N3S. The summed E-state index contributed by atoms with van der Waals surface area (Å²) in [4.78, 5) is 4.44. The first-order chi connectivity index (χ1) is 8.58. The third-order valence-electron chi connectivity index (χ3n) is 4.18. The largest absolute Gasteiger partial charge is 0.316 e. The average molecular weight is 267 g/mol. The number of nitrogens with one attached hydrogen (secondary N) is 2. The Morgan fingerprint density at radius 3 is 2.94 bits per heavy atom. The minimum Gasteiger partial charge on any atom is -0.316 e. The Balaban J connectivity index is 1.97. The standard InChI is InChI=1S/C14H25N3S/c1-4-14(6-5-7-15-10-14)11-17-13(2,3)12-16-8-9-18-12/h8-9,15,17H,4-7,10-11H2,1-3H3. The van der Waals surface area contributed by atoms with Gasteiger partial charge in [-0.05, 0) is 45.1 Å². The van der Waals surface area contributed by atoms with E-state index in [0.29, 0.717) is 5.41 Å². The summed E-state index contributed by atoms with van der Waals surface area (Å²) in [5.74, 6) is 0. The first-order valence-electron chi connectivity index (χ1n) is 6.94. The third-order valence-corrected chi connectivity index (χ3v) is 5.28. The summed E-state index contributed by atoms with van der Waals surface area (Å²) in [6, 6.07) is 0. The van der Waals surface area contributed by atoms with E-state index >= 15 is 0 Å². The molecule has 1 aliphatic rings. The Kier molecular flexibility index (Phi) is 4.41. The van der Waals surface area contributed by atoms with Crippen LogP contribution in [-0.4, -0.2) is 24.6 Å². The van der Waals surface area contributed by atoms with Crippen LogP contribution >= 0.6 is 11.3 Å². The molecule has 0 amide bonds. The molecule has 0 radical (unpaired) electrons. The predicted octanol–water partition coefficient (Wildman–Crippen LogP) is 2.75. The highest BCUT2D eigenvalue weighted by atomic mass is 32.1. The lowest BCUT2D eigenvalue weighted by atomic mass is 9.78. The summed E-state index contributed by atoms with van der Waals surface area (Å²) in [6.07, 6.45) is 5.76. The summed E-state index contributed by atoms with van der Waals surface area (Å²) in [7, 11) is 0. The van der Waals surface area contributed by atoms with Gasteiger partial charge in [0.1, 0.15) is 5.01 Å². The van der Waals surface area contributed by atoms with Crippen molar-refractivity contribution >= 4 is 11.3 Å². The highest BCUT2D eigenvalue weighted by Crippen LogP contribution is 2.31. The normalized spacial score (nSPS) is 25.3. The zero-order valence-electron chi connectivity index (χ0n) is 11.8. The molecule has 2 N–H and O–H groups in total. The van der Waals surface area contributed by atoms with Crippen molar-refractivity contribution in [2.45, 2.75) is 45.6 Å². The van der Waals surface area contributed by atoms with Crippen molar-refractivity contribution in [3.05, 3.63) is 16.6 Å². The highest BCUT2D eigenvalue weighted by molar-refractivity contribution is 7.09. The highest BCUT2D eigenvalue weighted by Gasteiger charge is 2.33. The number of piperidine rings is 1. The fourth-order valence-corrected chi connectivity index (χ4v) is 3.36. The summed E-state index contributed by atoms with van der Waals surface area (Å²) < 4.78 is 0. The Morgan fingerprint density at radius 1 is 1.56 bits per heavy atom. The van der Waals surface area contributed by atoms with Gasteiger partial charge in [0.25, 0.3) is 0 Å². The van der Waals surface area contributed by atoms with E-state index in [9.17, 15) is 0 Å². The maximum absolute atomic E-state index is 4.44. The predicted molar refractivity (Wildman–Crippen MR) is 78.0 cm³/mol. The van der Waals surface area contributed by atoms with Crippen LogP contribution < -0.4 is 10.6 Å². The van der Waals surface area contributed by atoms with Crippen molar-refractivity contribution in [3.63, 3.8) is 0 Å². The fourth-order valence-electron chi connectivity index (χ4n) is 2.62. The van der Waals surface area contributed by atoms with Gasteiger partial charge in [-0.2, -0.15) is 0 Å². The molecule has 0 saturated carbocycles. The maximum Gasteiger partial charge on any atom is 0.112 e. The first-order valence-corrected chi connectivity index (χ1v) is 7.82. The fraction of sp³-hybridized carbons (Fsp3) is 0.786. The van der Waals surface area contributed by atoms with Crippen molar-refractivity contribution in [3.8, 4) is 0 Å². The third kappa shape index (κ3) is 3.11. The Morgan fingerprint density at radius 2 is 2.39 bits per heavy atom. The van der Waals surface area contributed by atoms with Gasteiger partial charge < -0.3 is 10.6 Å². The monoisotopic (exact) mass is 267 g/mol. The van der Waals surface area contributed by atoms with E-state index in [1.165, 1.54) is 30.8 Å². The zero-order valence-corrected chi connectivity index (χ0v) is 12.6. The molecule has 1 saturated heterocycles. The molecule has 1 unspecified atom stereocenters. The lowest BCUT2D eigenvalue weighted by Gasteiger charge is -2.39. The number of hydrogen-bond donors (Lipinski definition) is 2.